The van der Waals surface area contributed by atoms with Crippen molar-refractivity contribution >= 4 is 20.8 Å². The van der Waals surface area contributed by atoms with Gasteiger partial charge in [0.1, 0.15) is 0 Å². The zero-order chi connectivity index (χ0) is 8.41. The van der Waals surface area contributed by atoms with Crippen LogP contribution in [0.15, 0.2) is 0 Å². The number of rotatable bonds is 3. The summed E-state index contributed by atoms with van der Waals surface area (Å²) < 4.78 is 61.5. The molecule has 0 amide bonds. The first-order chi connectivity index (χ1) is 4.21. The molecule has 0 fully saturated rings. The summed E-state index contributed by atoms with van der Waals surface area (Å²) in [4.78, 5) is 0. The van der Waals surface area contributed by atoms with Crippen molar-refractivity contribution in [3.8, 4) is 0 Å². The molecule has 0 aliphatic carbocycles. The van der Waals surface area contributed by atoms with Gasteiger partial charge in [-0.2, -0.15) is 0 Å². The van der Waals surface area contributed by atoms with Gasteiger partial charge >= 0.3 is 46.6 Å². The molecule has 0 aliphatic heterocycles. The van der Waals surface area contributed by atoms with Crippen LogP contribution in [0.1, 0.15) is 0 Å². The van der Waals surface area contributed by atoms with E-state index >= 15 is 0 Å². The van der Waals surface area contributed by atoms with E-state index < -0.39 is 20.8 Å². The Labute approximate surface area is 101 Å². The molecule has 0 aromatic heterocycles. The predicted molar refractivity (Wildman–Crippen MR) is 21.6 cm³/mol. The van der Waals surface area contributed by atoms with Gasteiger partial charge in [-0.25, -0.2) is 16.8 Å². The minimum absolute atomic E-state index is 0. The van der Waals surface area contributed by atoms with Crippen molar-refractivity contribution in [3.63, 3.8) is 0 Å². The molecule has 0 N–H and O–H groups in total. The molecule has 12 heavy (non-hydrogen) atoms. The van der Waals surface area contributed by atoms with Gasteiger partial charge in [0.2, 0.25) is 20.8 Å². The molecule has 0 rings (SSSR count). The molecule has 0 aliphatic rings. The molecule has 0 heterocycles. The monoisotopic (exact) mass is 271 g/mol. The summed E-state index contributed by atoms with van der Waals surface area (Å²) in [7, 11) is -10.6. The summed E-state index contributed by atoms with van der Waals surface area (Å²) in [5.74, 6) is 0. The molecular formula is FeNaO8S2+. The van der Waals surface area contributed by atoms with Gasteiger partial charge in [0.25, 0.3) is 0 Å². The number of hydrogen-bond donors (Lipinski definition) is 0. The van der Waals surface area contributed by atoms with E-state index in [-0.39, 0.29) is 46.6 Å². The van der Waals surface area contributed by atoms with Crippen LogP contribution >= 0.6 is 0 Å². The van der Waals surface area contributed by atoms with Crippen molar-refractivity contribution in [3.05, 3.63) is 0 Å². The van der Waals surface area contributed by atoms with Crippen molar-refractivity contribution < 1.29 is 81.2 Å². The van der Waals surface area contributed by atoms with Crippen LogP contribution in [0.4, 0.5) is 0 Å². The van der Waals surface area contributed by atoms with Crippen LogP contribution in [-0.2, 0) is 46.5 Å². The fraction of sp³-hybridized carbons (Fsp3) is 0. The van der Waals surface area contributed by atoms with Crippen LogP contribution in [0.25, 0.3) is 0 Å². The Kier molecular flexibility index (Phi) is 10.5. The van der Waals surface area contributed by atoms with E-state index in [4.69, 9.17) is 0 Å². The van der Waals surface area contributed by atoms with E-state index in [0.29, 0.717) is 0 Å². The SMILES string of the molecule is O=S(=O)([O-])OOS(=O)(=O)[O-].[Fe+2].[Na+]. The van der Waals surface area contributed by atoms with Crippen LogP contribution in [-0.4, -0.2) is 25.9 Å². The maximum Gasteiger partial charge on any atom is 2.00 e. The third-order valence-corrected chi connectivity index (χ3v) is 0.750. The first-order valence-corrected chi connectivity index (χ1v) is 4.17. The Hall–Kier alpha value is 1.26. The number of hydrogen-bond acceptors (Lipinski definition) is 8. The minimum atomic E-state index is -5.31. The van der Waals surface area contributed by atoms with E-state index in [1.165, 1.54) is 0 Å². The third-order valence-electron chi connectivity index (χ3n) is 0.194. The average molecular weight is 271 g/mol. The second-order valence-corrected chi connectivity index (χ2v) is 2.86. The van der Waals surface area contributed by atoms with E-state index in [0.717, 1.165) is 0 Å². The molecule has 0 atom stereocenters. The molecule has 0 spiro atoms. The fourth-order valence-electron chi connectivity index (χ4n) is 0.0680. The Bertz CT molecular complexity index is 253. The Morgan fingerprint density at radius 2 is 1.00 bits per heavy atom. The van der Waals surface area contributed by atoms with Crippen LogP contribution in [0.2, 0.25) is 0 Å². The van der Waals surface area contributed by atoms with E-state index in [1.54, 1.807) is 0 Å². The quantitative estimate of drug-likeness (QED) is 0.163. The molecule has 68 valence electrons. The standard InChI is InChI=1S/Fe.Na.H2O8S2/c;;1-9(2,3)7-8-10(4,5)6/h;;(H,1,2,3)(H,4,5,6)/q+2;+1;/p-2. The summed E-state index contributed by atoms with van der Waals surface area (Å²) in [6.45, 7) is 0. The predicted octanol–water partition coefficient (Wildman–Crippen LogP) is -5.14. The minimum Gasteiger partial charge on any atom is -0.724 e. The van der Waals surface area contributed by atoms with Gasteiger partial charge in [0.15, 0.2) is 0 Å². The molecule has 0 radical (unpaired) electrons. The largest absolute Gasteiger partial charge is 2.00 e. The summed E-state index contributed by atoms with van der Waals surface area (Å²) >= 11 is 0. The maximum atomic E-state index is 9.37. The van der Waals surface area contributed by atoms with E-state index in [9.17, 15) is 25.9 Å². The third kappa shape index (κ3) is 17.4. The van der Waals surface area contributed by atoms with Gasteiger partial charge in [-0.15, -0.1) is 8.67 Å². The molecule has 0 bridgehead atoms. The molecule has 0 aromatic carbocycles. The smallest absolute Gasteiger partial charge is 0.724 e. The molecule has 8 nitrogen and oxygen atoms in total. The topological polar surface area (TPSA) is 133 Å². The molecule has 12 heteroatoms. The van der Waals surface area contributed by atoms with Crippen molar-refractivity contribution in [1.29, 1.82) is 0 Å². The average Bonchev–Trinajstić information content (AvgIpc) is 1.57. The first-order valence-electron chi connectivity index (χ1n) is 1.50. The van der Waals surface area contributed by atoms with Crippen molar-refractivity contribution in [2.24, 2.45) is 0 Å². The van der Waals surface area contributed by atoms with Gasteiger partial charge in [-0.3, -0.25) is 0 Å². The molecule has 0 saturated carbocycles. The molecule has 0 aromatic rings. The Morgan fingerprint density at radius 1 is 0.833 bits per heavy atom. The normalized spacial score (nSPS) is 11.2. The van der Waals surface area contributed by atoms with Crippen LogP contribution in [0.5, 0.6) is 0 Å². The van der Waals surface area contributed by atoms with Crippen molar-refractivity contribution in [2.45, 2.75) is 0 Å². The van der Waals surface area contributed by atoms with Crippen molar-refractivity contribution in [2.75, 3.05) is 0 Å². The second-order valence-electron chi connectivity index (χ2n) is 0.953. The van der Waals surface area contributed by atoms with Crippen LogP contribution in [0, 0.1) is 0 Å². The summed E-state index contributed by atoms with van der Waals surface area (Å²) in [6.07, 6.45) is 0. The van der Waals surface area contributed by atoms with Crippen molar-refractivity contribution in [1.82, 2.24) is 0 Å². The maximum absolute atomic E-state index is 9.37. The Morgan fingerprint density at radius 3 is 1.08 bits per heavy atom. The van der Waals surface area contributed by atoms with Gasteiger partial charge in [0, 0.05) is 0 Å². The van der Waals surface area contributed by atoms with Gasteiger partial charge < -0.3 is 9.11 Å². The van der Waals surface area contributed by atoms with Gasteiger partial charge in [0.05, 0.1) is 0 Å². The molecule has 0 saturated heterocycles. The van der Waals surface area contributed by atoms with E-state index in [2.05, 4.69) is 8.67 Å². The van der Waals surface area contributed by atoms with E-state index in [1.807, 2.05) is 0 Å². The van der Waals surface area contributed by atoms with Crippen LogP contribution in [0.3, 0.4) is 0 Å². The summed E-state index contributed by atoms with van der Waals surface area (Å²) in [6, 6.07) is 0. The second kappa shape index (κ2) is 6.67. The fourth-order valence-corrected chi connectivity index (χ4v) is 0.612. The van der Waals surface area contributed by atoms with Gasteiger partial charge in [-0.05, 0) is 0 Å². The summed E-state index contributed by atoms with van der Waals surface area (Å²) in [5.41, 5.74) is 0. The first kappa shape index (κ1) is 18.9. The molecule has 0 unspecified atom stereocenters. The van der Waals surface area contributed by atoms with Crippen LogP contribution < -0.4 is 29.6 Å². The summed E-state index contributed by atoms with van der Waals surface area (Å²) in [5, 5.41) is 0. The molecular weight excluding hydrogens is 271 g/mol. The Balaban J connectivity index is -0.000000405. The zero-order valence-electron chi connectivity index (χ0n) is 5.44. The van der Waals surface area contributed by atoms with Gasteiger partial charge in [-0.1, -0.05) is 0 Å². The zero-order valence-corrected chi connectivity index (χ0v) is 10.2.